The van der Waals surface area contributed by atoms with Gasteiger partial charge < -0.3 is 19.3 Å². The molecule has 0 bridgehead atoms. The van der Waals surface area contributed by atoms with Crippen molar-refractivity contribution in [3.8, 4) is 0 Å². The molecule has 1 fully saturated rings. The number of hydrogen-bond acceptors (Lipinski definition) is 5. The first-order valence-corrected chi connectivity index (χ1v) is 11.6. The van der Waals surface area contributed by atoms with E-state index in [1.807, 2.05) is 54.6 Å². The van der Waals surface area contributed by atoms with Crippen LogP contribution in [0.25, 0.3) is 0 Å². The minimum Gasteiger partial charge on any atom is -0.395 e. The predicted octanol–water partition coefficient (Wildman–Crippen LogP) is 4.40. The summed E-state index contributed by atoms with van der Waals surface area (Å²) in [6.07, 6.45) is 0.639. The Hall–Kier alpha value is -2.54. The van der Waals surface area contributed by atoms with Crippen molar-refractivity contribution >= 4 is 0 Å². The standard InChI is InChI=1S/C28H33NO4/c30-19-18-29-17-16-27(32-21-25-12-6-2-7-13-25)28(29,33-22-26-14-8-3-9-15-26)23-31-20-24-10-4-1-5-11-24/h1-15,27,30H,16-23H2. The molecule has 5 nitrogen and oxygen atoms in total. The minimum absolute atomic E-state index is 0.0561. The Labute approximate surface area is 196 Å². The van der Waals surface area contributed by atoms with Gasteiger partial charge in [0.05, 0.1) is 33.0 Å². The highest BCUT2D eigenvalue weighted by molar-refractivity contribution is 5.16. The number of benzene rings is 3. The Morgan fingerprint density at radius 1 is 0.758 bits per heavy atom. The van der Waals surface area contributed by atoms with Crippen LogP contribution in [0.4, 0.5) is 0 Å². The third kappa shape index (κ3) is 6.28. The number of nitrogens with zero attached hydrogens (tertiary/aromatic N) is 1. The molecule has 2 atom stereocenters. The van der Waals surface area contributed by atoms with Crippen LogP contribution in [-0.4, -0.2) is 48.1 Å². The Kier molecular flexibility index (Phi) is 8.64. The van der Waals surface area contributed by atoms with E-state index >= 15 is 0 Å². The van der Waals surface area contributed by atoms with Crippen molar-refractivity contribution in [3.63, 3.8) is 0 Å². The SMILES string of the molecule is OCCN1CCC(OCc2ccccc2)C1(COCc1ccccc1)OCc1ccccc1. The fourth-order valence-corrected chi connectivity index (χ4v) is 4.38. The van der Waals surface area contributed by atoms with E-state index in [4.69, 9.17) is 14.2 Å². The maximum absolute atomic E-state index is 9.76. The number of rotatable bonds is 12. The van der Waals surface area contributed by atoms with E-state index in [0.29, 0.717) is 33.0 Å². The van der Waals surface area contributed by atoms with Crippen molar-refractivity contribution in [1.29, 1.82) is 0 Å². The fraction of sp³-hybridized carbons (Fsp3) is 0.357. The molecule has 1 N–H and O–H groups in total. The molecule has 174 valence electrons. The molecule has 0 spiro atoms. The molecular formula is C28H33NO4. The van der Waals surface area contributed by atoms with Crippen molar-refractivity contribution in [2.24, 2.45) is 0 Å². The molecule has 33 heavy (non-hydrogen) atoms. The minimum atomic E-state index is -0.776. The Morgan fingerprint density at radius 3 is 1.88 bits per heavy atom. The van der Waals surface area contributed by atoms with Gasteiger partial charge in [-0.2, -0.15) is 0 Å². The quantitative estimate of drug-likeness (QED) is 0.446. The van der Waals surface area contributed by atoms with Crippen LogP contribution in [-0.2, 0) is 34.0 Å². The highest BCUT2D eigenvalue weighted by Crippen LogP contribution is 2.35. The molecular weight excluding hydrogens is 414 g/mol. The normalized spacial score (nSPS) is 20.8. The van der Waals surface area contributed by atoms with E-state index in [0.717, 1.165) is 29.7 Å². The van der Waals surface area contributed by atoms with E-state index in [1.165, 1.54) is 0 Å². The fourth-order valence-electron chi connectivity index (χ4n) is 4.38. The summed E-state index contributed by atoms with van der Waals surface area (Å²) < 4.78 is 19.3. The maximum Gasteiger partial charge on any atom is 0.172 e. The van der Waals surface area contributed by atoms with Gasteiger partial charge >= 0.3 is 0 Å². The van der Waals surface area contributed by atoms with E-state index in [1.54, 1.807) is 0 Å². The molecule has 0 amide bonds. The Balaban J connectivity index is 1.53. The van der Waals surface area contributed by atoms with Gasteiger partial charge in [0.2, 0.25) is 0 Å². The zero-order valence-corrected chi connectivity index (χ0v) is 19.0. The lowest BCUT2D eigenvalue weighted by molar-refractivity contribution is -0.233. The van der Waals surface area contributed by atoms with Crippen molar-refractivity contribution in [1.82, 2.24) is 4.90 Å². The smallest absolute Gasteiger partial charge is 0.172 e. The van der Waals surface area contributed by atoms with Crippen LogP contribution in [0.3, 0.4) is 0 Å². The lowest BCUT2D eigenvalue weighted by Gasteiger charge is -2.41. The van der Waals surface area contributed by atoms with Crippen LogP contribution in [0.2, 0.25) is 0 Å². The summed E-state index contributed by atoms with van der Waals surface area (Å²) in [5.41, 5.74) is 2.56. The van der Waals surface area contributed by atoms with Crippen molar-refractivity contribution in [2.75, 3.05) is 26.3 Å². The van der Waals surface area contributed by atoms with E-state index in [-0.39, 0.29) is 12.7 Å². The molecule has 0 aliphatic carbocycles. The van der Waals surface area contributed by atoms with Gasteiger partial charge in [0.1, 0.15) is 6.10 Å². The lowest BCUT2D eigenvalue weighted by Crippen LogP contribution is -2.57. The second-order valence-corrected chi connectivity index (χ2v) is 8.38. The zero-order chi connectivity index (χ0) is 22.8. The topological polar surface area (TPSA) is 51.2 Å². The summed E-state index contributed by atoms with van der Waals surface area (Å²) in [7, 11) is 0. The Bertz CT molecular complexity index is 938. The van der Waals surface area contributed by atoms with Gasteiger partial charge in [-0.1, -0.05) is 91.0 Å². The molecule has 4 rings (SSSR count). The Morgan fingerprint density at radius 2 is 1.30 bits per heavy atom. The summed E-state index contributed by atoms with van der Waals surface area (Å²) in [6.45, 7) is 3.15. The molecule has 0 aromatic heterocycles. The van der Waals surface area contributed by atoms with Crippen molar-refractivity contribution in [3.05, 3.63) is 108 Å². The largest absolute Gasteiger partial charge is 0.395 e. The molecule has 1 aliphatic heterocycles. The number of hydrogen-bond donors (Lipinski definition) is 1. The van der Waals surface area contributed by atoms with Gasteiger partial charge in [0.25, 0.3) is 0 Å². The summed E-state index contributed by atoms with van der Waals surface area (Å²) >= 11 is 0. The first-order valence-electron chi connectivity index (χ1n) is 11.6. The van der Waals surface area contributed by atoms with Gasteiger partial charge in [-0.25, -0.2) is 0 Å². The average molecular weight is 448 g/mol. The van der Waals surface area contributed by atoms with Gasteiger partial charge in [-0.15, -0.1) is 0 Å². The van der Waals surface area contributed by atoms with Crippen molar-refractivity contribution in [2.45, 2.75) is 38.1 Å². The molecule has 3 aromatic carbocycles. The van der Waals surface area contributed by atoms with E-state index < -0.39 is 5.72 Å². The van der Waals surface area contributed by atoms with Gasteiger partial charge in [0.15, 0.2) is 5.72 Å². The van der Waals surface area contributed by atoms with Crippen LogP contribution < -0.4 is 0 Å². The van der Waals surface area contributed by atoms with Crippen LogP contribution in [0.1, 0.15) is 23.1 Å². The van der Waals surface area contributed by atoms with Crippen LogP contribution >= 0.6 is 0 Å². The number of ether oxygens (including phenoxy) is 3. The maximum atomic E-state index is 9.76. The molecule has 3 aromatic rings. The zero-order valence-electron chi connectivity index (χ0n) is 19.0. The lowest BCUT2D eigenvalue weighted by atomic mass is 10.1. The third-order valence-electron chi connectivity index (χ3n) is 6.12. The average Bonchev–Trinajstić information content (AvgIpc) is 3.20. The predicted molar refractivity (Wildman–Crippen MR) is 128 cm³/mol. The second kappa shape index (κ2) is 12.1. The molecule has 0 radical (unpaired) electrons. The van der Waals surface area contributed by atoms with Crippen LogP contribution in [0.15, 0.2) is 91.0 Å². The first-order chi connectivity index (χ1) is 16.3. The highest BCUT2D eigenvalue weighted by atomic mass is 16.6. The van der Waals surface area contributed by atoms with Gasteiger partial charge in [-0.3, -0.25) is 4.90 Å². The number of aliphatic hydroxyl groups is 1. The number of likely N-dealkylation sites (tertiary alicyclic amines) is 1. The van der Waals surface area contributed by atoms with E-state index in [9.17, 15) is 5.11 Å². The molecule has 1 saturated heterocycles. The summed E-state index contributed by atoms with van der Waals surface area (Å²) in [4.78, 5) is 2.18. The summed E-state index contributed by atoms with van der Waals surface area (Å²) in [5, 5.41) is 9.76. The second-order valence-electron chi connectivity index (χ2n) is 8.38. The molecule has 0 saturated carbocycles. The van der Waals surface area contributed by atoms with Crippen LogP contribution in [0.5, 0.6) is 0 Å². The summed E-state index contributed by atoms with van der Waals surface area (Å²) in [6, 6.07) is 30.5. The number of β-amino-alcohol motifs (C(OH)–C–C–N with tert-alkyl or cyclic N) is 1. The molecule has 1 heterocycles. The summed E-state index contributed by atoms with van der Waals surface area (Å²) in [5.74, 6) is 0. The van der Waals surface area contributed by atoms with Gasteiger partial charge in [0, 0.05) is 13.1 Å². The third-order valence-corrected chi connectivity index (χ3v) is 6.12. The van der Waals surface area contributed by atoms with Gasteiger partial charge in [-0.05, 0) is 23.1 Å². The molecule has 5 heteroatoms. The van der Waals surface area contributed by atoms with Crippen molar-refractivity contribution < 1.29 is 19.3 Å². The molecule has 1 aliphatic rings. The van der Waals surface area contributed by atoms with E-state index in [2.05, 4.69) is 41.3 Å². The molecule has 2 unspecified atom stereocenters. The highest BCUT2D eigenvalue weighted by Gasteiger charge is 2.51. The van der Waals surface area contributed by atoms with Crippen LogP contribution in [0, 0.1) is 0 Å². The monoisotopic (exact) mass is 447 g/mol. The number of aliphatic hydroxyl groups excluding tert-OH is 1. The first kappa shape index (κ1) is 23.6.